The molecule has 1 N–H and O–H groups in total. The van der Waals surface area contributed by atoms with Crippen molar-refractivity contribution in [3.05, 3.63) is 54.5 Å². The lowest BCUT2D eigenvalue weighted by molar-refractivity contribution is 0.0953. The van der Waals surface area contributed by atoms with Crippen molar-refractivity contribution in [3.8, 4) is 0 Å². The van der Waals surface area contributed by atoms with Gasteiger partial charge in [-0.25, -0.2) is 0 Å². The predicted molar refractivity (Wildman–Crippen MR) is 72.8 cm³/mol. The van der Waals surface area contributed by atoms with Gasteiger partial charge in [-0.3, -0.25) is 4.79 Å². The fraction of sp³-hybridized carbons (Fsp3) is 0.214. The molecule has 0 spiro atoms. The van der Waals surface area contributed by atoms with E-state index in [0.717, 1.165) is 12.2 Å². The van der Waals surface area contributed by atoms with Crippen LogP contribution in [0.4, 0.5) is 0 Å². The molecule has 1 heterocycles. The predicted octanol–water partition coefficient (Wildman–Crippen LogP) is 3.19. The quantitative estimate of drug-likeness (QED) is 0.641. The van der Waals surface area contributed by atoms with Crippen LogP contribution < -0.4 is 5.32 Å². The van der Waals surface area contributed by atoms with Crippen molar-refractivity contribution in [2.24, 2.45) is 0 Å². The van der Waals surface area contributed by atoms with E-state index in [1.54, 1.807) is 17.8 Å². The molecule has 0 unspecified atom stereocenters. The van der Waals surface area contributed by atoms with Gasteiger partial charge in [-0.15, -0.1) is 11.8 Å². The number of amides is 1. The third kappa shape index (κ3) is 3.96. The summed E-state index contributed by atoms with van der Waals surface area (Å²) in [5.41, 5.74) is 0.575. The Bertz CT molecular complexity index is 468. The van der Waals surface area contributed by atoms with Crippen molar-refractivity contribution in [3.63, 3.8) is 0 Å². The van der Waals surface area contributed by atoms with Gasteiger partial charge >= 0.3 is 0 Å². The lowest BCUT2D eigenvalue weighted by Gasteiger charge is -2.03. The maximum absolute atomic E-state index is 11.6. The molecule has 0 aliphatic rings. The summed E-state index contributed by atoms with van der Waals surface area (Å²) in [6, 6.07) is 11.9. The van der Waals surface area contributed by atoms with E-state index >= 15 is 0 Å². The molecule has 0 fully saturated rings. The topological polar surface area (TPSA) is 42.2 Å². The van der Waals surface area contributed by atoms with Crippen molar-refractivity contribution >= 4 is 17.7 Å². The van der Waals surface area contributed by atoms with Crippen LogP contribution in [0.5, 0.6) is 0 Å². The summed E-state index contributed by atoms with van der Waals surface area (Å²) in [5.74, 6) is 0.920. The Labute approximate surface area is 111 Å². The molecule has 1 aromatic carbocycles. The molecule has 0 bridgehead atoms. The summed E-state index contributed by atoms with van der Waals surface area (Å²) in [7, 11) is 0. The van der Waals surface area contributed by atoms with Crippen LogP contribution >= 0.6 is 11.8 Å². The number of nitrogens with one attached hydrogen (secondary N) is 1. The molecule has 0 aliphatic carbocycles. The van der Waals surface area contributed by atoms with Gasteiger partial charge in [0.15, 0.2) is 0 Å². The van der Waals surface area contributed by atoms with Crippen LogP contribution in [-0.4, -0.2) is 18.2 Å². The van der Waals surface area contributed by atoms with Crippen LogP contribution in [-0.2, 0) is 0 Å². The van der Waals surface area contributed by atoms with E-state index in [0.29, 0.717) is 12.1 Å². The minimum absolute atomic E-state index is 0.0755. The smallest absolute Gasteiger partial charge is 0.254 e. The highest BCUT2D eigenvalue weighted by atomic mass is 32.2. The molecular weight excluding hydrogens is 246 g/mol. The number of carbonyl (C=O) groups is 1. The van der Waals surface area contributed by atoms with E-state index < -0.39 is 0 Å². The Hall–Kier alpha value is -1.68. The zero-order chi connectivity index (χ0) is 12.6. The molecule has 2 rings (SSSR count). The number of thioether (sulfide) groups is 1. The van der Waals surface area contributed by atoms with Gasteiger partial charge in [0, 0.05) is 11.4 Å². The van der Waals surface area contributed by atoms with Gasteiger partial charge in [0.05, 0.1) is 11.8 Å². The Morgan fingerprint density at radius 1 is 1.22 bits per heavy atom. The van der Waals surface area contributed by atoms with E-state index in [-0.39, 0.29) is 5.91 Å². The van der Waals surface area contributed by atoms with Crippen molar-refractivity contribution in [2.45, 2.75) is 11.3 Å². The van der Waals surface area contributed by atoms with Crippen LogP contribution in [0.1, 0.15) is 16.8 Å². The van der Waals surface area contributed by atoms with Crippen LogP contribution in [0.15, 0.2) is 58.2 Å². The average molecular weight is 261 g/mol. The summed E-state index contributed by atoms with van der Waals surface area (Å²) in [6.07, 6.45) is 3.90. The highest BCUT2D eigenvalue weighted by molar-refractivity contribution is 7.99. The van der Waals surface area contributed by atoms with E-state index in [4.69, 9.17) is 4.42 Å². The number of hydrogen-bond donors (Lipinski definition) is 1. The maximum atomic E-state index is 11.6. The molecule has 0 atom stereocenters. The fourth-order valence-corrected chi connectivity index (χ4v) is 2.35. The van der Waals surface area contributed by atoms with Gasteiger partial charge in [0.25, 0.3) is 5.91 Å². The number of hydrogen-bond acceptors (Lipinski definition) is 3. The monoisotopic (exact) mass is 261 g/mol. The van der Waals surface area contributed by atoms with Crippen LogP contribution in [0.2, 0.25) is 0 Å². The zero-order valence-electron chi connectivity index (χ0n) is 9.96. The van der Waals surface area contributed by atoms with E-state index in [1.165, 1.54) is 17.4 Å². The third-order valence-electron chi connectivity index (χ3n) is 2.40. The first kappa shape index (κ1) is 12.8. The molecule has 18 heavy (non-hydrogen) atoms. The van der Waals surface area contributed by atoms with Crippen molar-refractivity contribution < 1.29 is 9.21 Å². The van der Waals surface area contributed by atoms with Gasteiger partial charge in [0.1, 0.15) is 6.26 Å². The van der Waals surface area contributed by atoms with Gasteiger partial charge in [-0.2, -0.15) is 0 Å². The fourth-order valence-electron chi connectivity index (χ4n) is 1.48. The van der Waals surface area contributed by atoms with Crippen LogP contribution in [0, 0.1) is 0 Å². The van der Waals surface area contributed by atoms with E-state index in [1.807, 2.05) is 18.2 Å². The highest BCUT2D eigenvalue weighted by Gasteiger charge is 2.04. The standard InChI is InChI=1S/C14H15NO2S/c16-14(12-7-9-17-11-12)15-8-4-10-18-13-5-2-1-3-6-13/h1-3,5-7,9,11H,4,8,10H2,(H,15,16). The molecule has 2 aromatic rings. The van der Waals surface area contributed by atoms with Gasteiger partial charge in [0.2, 0.25) is 0 Å². The maximum Gasteiger partial charge on any atom is 0.254 e. The lowest BCUT2D eigenvalue weighted by Crippen LogP contribution is -2.24. The molecule has 0 saturated heterocycles. The Morgan fingerprint density at radius 2 is 2.06 bits per heavy atom. The van der Waals surface area contributed by atoms with Crippen molar-refractivity contribution in [2.75, 3.05) is 12.3 Å². The van der Waals surface area contributed by atoms with Crippen molar-refractivity contribution in [1.29, 1.82) is 0 Å². The summed E-state index contributed by atoms with van der Waals surface area (Å²) >= 11 is 1.80. The first-order chi connectivity index (χ1) is 8.86. The van der Waals surface area contributed by atoms with Gasteiger partial charge in [-0.1, -0.05) is 18.2 Å². The molecular formula is C14H15NO2S. The lowest BCUT2D eigenvalue weighted by atomic mass is 10.3. The van der Waals surface area contributed by atoms with E-state index in [2.05, 4.69) is 17.4 Å². The minimum Gasteiger partial charge on any atom is -0.472 e. The van der Waals surface area contributed by atoms with Crippen LogP contribution in [0.25, 0.3) is 0 Å². The molecule has 0 saturated carbocycles. The van der Waals surface area contributed by atoms with Gasteiger partial charge < -0.3 is 9.73 Å². The summed E-state index contributed by atoms with van der Waals surface area (Å²) in [6.45, 7) is 0.684. The molecule has 0 aliphatic heterocycles. The largest absolute Gasteiger partial charge is 0.472 e. The SMILES string of the molecule is O=C(NCCCSc1ccccc1)c1ccoc1. The van der Waals surface area contributed by atoms with E-state index in [9.17, 15) is 4.79 Å². The normalized spacial score (nSPS) is 10.2. The highest BCUT2D eigenvalue weighted by Crippen LogP contribution is 2.17. The second-order valence-corrected chi connectivity index (χ2v) is 4.95. The summed E-state index contributed by atoms with van der Waals surface area (Å²) in [5, 5.41) is 2.86. The molecule has 1 aromatic heterocycles. The van der Waals surface area contributed by atoms with Crippen LogP contribution in [0.3, 0.4) is 0 Å². The number of carbonyl (C=O) groups excluding carboxylic acids is 1. The second kappa shape index (κ2) is 6.91. The molecule has 4 heteroatoms. The summed E-state index contributed by atoms with van der Waals surface area (Å²) in [4.78, 5) is 12.8. The average Bonchev–Trinajstić information content (AvgIpc) is 2.93. The Balaban J connectivity index is 1.61. The Morgan fingerprint density at radius 3 is 2.78 bits per heavy atom. The number of furan rings is 1. The van der Waals surface area contributed by atoms with Crippen molar-refractivity contribution in [1.82, 2.24) is 5.32 Å². The minimum atomic E-state index is -0.0755. The first-order valence-corrected chi connectivity index (χ1v) is 6.83. The first-order valence-electron chi connectivity index (χ1n) is 5.84. The molecule has 94 valence electrons. The number of rotatable bonds is 6. The molecule has 3 nitrogen and oxygen atoms in total. The Kier molecular flexibility index (Phi) is 4.90. The zero-order valence-corrected chi connectivity index (χ0v) is 10.8. The summed E-state index contributed by atoms with van der Waals surface area (Å²) < 4.78 is 4.86. The molecule has 1 amide bonds. The third-order valence-corrected chi connectivity index (χ3v) is 3.50. The molecule has 0 radical (unpaired) electrons. The van der Waals surface area contributed by atoms with Gasteiger partial charge in [-0.05, 0) is 30.4 Å². The second-order valence-electron chi connectivity index (χ2n) is 3.78. The number of benzene rings is 1.